The van der Waals surface area contributed by atoms with Crippen molar-refractivity contribution in [3.63, 3.8) is 0 Å². The molecule has 1 fully saturated rings. The summed E-state index contributed by atoms with van der Waals surface area (Å²) >= 11 is 0.705. The van der Waals surface area contributed by atoms with Gasteiger partial charge in [0.2, 0.25) is 5.91 Å². The van der Waals surface area contributed by atoms with Gasteiger partial charge in [0.05, 0.1) is 19.1 Å². The van der Waals surface area contributed by atoms with Crippen molar-refractivity contribution in [2.75, 3.05) is 38.0 Å². The molecular weight excluding hydrogens is 522 g/mol. The third-order valence-corrected chi connectivity index (χ3v) is 6.38. The molecule has 2 N–H and O–H groups in total. The minimum atomic E-state index is -0.620. The number of amides is 4. The zero-order valence-electron chi connectivity index (χ0n) is 21.1. The van der Waals surface area contributed by atoms with Crippen LogP contribution in [-0.4, -0.2) is 55.2 Å². The predicted octanol–water partition coefficient (Wildman–Crippen LogP) is 4.40. The maximum absolute atomic E-state index is 13.0. The minimum Gasteiger partial charge on any atom is -0.497 e. The van der Waals surface area contributed by atoms with E-state index in [4.69, 9.17) is 14.2 Å². The normalized spacial score (nSPS) is 13.8. The second-order valence-electron chi connectivity index (χ2n) is 8.13. The van der Waals surface area contributed by atoms with E-state index in [1.807, 2.05) is 6.07 Å². The molecular formula is C28H25N3O7S. The number of hydrogen-bond acceptors (Lipinski definition) is 8. The first-order chi connectivity index (χ1) is 18.9. The van der Waals surface area contributed by atoms with Crippen molar-refractivity contribution in [1.29, 1.82) is 0 Å². The molecule has 39 heavy (non-hydrogen) atoms. The van der Waals surface area contributed by atoms with E-state index in [0.29, 0.717) is 40.2 Å². The van der Waals surface area contributed by atoms with E-state index in [9.17, 15) is 19.2 Å². The summed E-state index contributed by atoms with van der Waals surface area (Å²) in [7, 11) is 2.98. The predicted molar refractivity (Wildman–Crippen MR) is 148 cm³/mol. The van der Waals surface area contributed by atoms with Crippen LogP contribution in [0.4, 0.5) is 16.2 Å². The third-order valence-electron chi connectivity index (χ3n) is 5.47. The largest absolute Gasteiger partial charge is 0.497 e. The van der Waals surface area contributed by atoms with Gasteiger partial charge in [-0.3, -0.25) is 24.1 Å². The average Bonchev–Trinajstić information content (AvgIpc) is 3.20. The summed E-state index contributed by atoms with van der Waals surface area (Å²) in [4.78, 5) is 51.5. The summed E-state index contributed by atoms with van der Waals surface area (Å²) in [6.07, 6.45) is 1.47. The Labute approximate surface area is 228 Å². The number of anilines is 2. The summed E-state index contributed by atoms with van der Waals surface area (Å²) in [5.74, 6) is -0.339. The zero-order valence-corrected chi connectivity index (χ0v) is 21.9. The second-order valence-corrected chi connectivity index (χ2v) is 9.12. The molecule has 0 aromatic heterocycles. The molecule has 1 aliphatic heterocycles. The van der Waals surface area contributed by atoms with E-state index in [-0.39, 0.29) is 23.2 Å². The molecule has 0 atom stereocenters. The van der Waals surface area contributed by atoms with Crippen molar-refractivity contribution in [1.82, 2.24) is 4.90 Å². The Kier molecular flexibility index (Phi) is 8.85. The summed E-state index contributed by atoms with van der Waals surface area (Å²) in [6.45, 7) is -0.766. The van der Waals surface area contributed by atoms with Gasteiger partial charge in [-0.1, -0.05) is 30.3 Å². The number of carbonyl (C=O) groups is 4. The summed E-state index contributed by atoms with van der Waals surface area (Å²) in [5.41, 5.74) is 1.55. The van der Waals surface area contributed by atoms with Crippen LogP contribution in [0.3, 0.4) is 0 Å². The fourth-order valence-corrected chi connectivity index (χ4v) is 4.44. The summed E-state index contributed by atoms with van der Waals surface area (Å²) in [5, 5.41) is 4.80. The van der Waals surface area contributed by atoms with E-state index in [1.165, 1.54) is 20.3 Å². The van der Waals surface area contributed by atoms with E-state index < -0.39 is 23.6 Å². The van der Waals surface area contributed by atoms with E-state index in [1.54, 1.807) is 66.7 Å². The Balaban J connectivity index is 1.45. The Morgan fingerprint density at radius 3 is 2.23 bits per heavy atom. The molecule has 200 valence electrons. The highest BCUT2D eigenvalue weighted by Gasteiger charge is 2.36. The maximum Gasteiger partial charge on any atom is 0.294 e. The molecule has 11 heteroatoms. The molecule has 3 aromatic carbocycles. The van der Waals surface area contributed by atoms with Gasteiger partial charge < -0.3 is 24.8 Å². The van der Waals surface area contributed by atoms with E-state index >= 15 is 0 Å². The van der Waals surface area contributed by atoms with Crippen LogP contribution in [0.15, 0.2) is 77.7 Å². The van der Waals surface area contributed by atoms with Crippen molar-refractivity contribution < 1.29 is 33.4 Å². The molecule has 1 aliphatic rings. The number of nitrogens with one attached hydrogen (secondary N) is 2. The molecule has 0 spiro atoms. The summed E-state index contributed by atoms with van der Waals surface area (Å²) in [6, 6.07) is 20.6. The highest BCUT2D eigenvalue weighted by molar-refractivity contribution is 8.18. The van der Waals surface area contributed by atoms with Gasteiger partial charge in [-0.05, 0) is 60.3 Å². The van der Waals surface area contributed by atoms with Gasteiger partial charge in [0.25, 0.3) is 17.1 Å². The van der Waals surface area contributed by atoms with Gasteiger partial charge in [-0.15, -0.1) is 0 Å². The highest BCUT2D eigenvalue weighted by atomic mass is 32.2. The SMILES string of the molecule is COc1ccc(NC(=O)CN2C(=O)S/C(=C/c3cccc(OC)c3OCC(=O)Nc3ccccc3)C2=O)cc1. The van der Waals surface area contributed by atoms with E-state index in [2.05, 4.69) is 10.6 Å². The molecule has 0 unspecified atom stereocenters. The minimum absolute atomic E-state index is 0.101. The fraction of sp³-hybridized carbons (Fsp3) is 0.143. The van der Waals surface area contributed by atoms with Crippen LogP contribution in [0.5, 0.6) is 17.2 Å². The van der Waals surface area contributed by atoms with Crippen LogP contribution in [0.25, 0.3) is 6.08 Å². The first-order valence-corrected chi connectivity index (χ1v) is 12.5. The number of nitrogens with zero attached hydrogens (tertiary/aromatic N) is 1. The van der Waals surface area contributed by atoms with Crippen LogP contribution < -0.4 is 24.8 Å². The second kappa shape index (κ2) is 12.7. The van der Waals surface area contributed by atoms with Gasteiger partial charge in [-0.2, -0.15) is 0 Å². The molecule has 0 saturated carbocycles. The molecule has 10 nitrogen and oxygen atoms in total. The molecule has 4 rings (SSSR count). The molecule has 0 radical (unpaired) electrons. The van der Waals surface area contributed by atoms with Crippen molar-refractivity contribution >= 4 is 52.2 Å². The number of hydrogen-bond donors (Lipinski definition) is 2. The van der Waals surface area contributed by atoms with Gasteiger partial charge in [-0.25, -0.2) is 0 Å². The average molecular weight is 548 g/mol. The quantitative estimate of drug-likeness (QED) is 0.358. The van der Waals surface area contributed by atoms with Crippen LogP contribution >= 0.6 is 11.8 Å². The number of para-hydroxylation sites is 2. The number of ether oxygens (including phenoxy) is 3. The third kappa shape index (κ3) is 6.96. The highest BCUT2D eigenvalue weighted by Crippen LogP contribution is 2.37. The zero-order chi connectivity index (χ0) is 27.8. The van der Waals surface area contributed by atoms with E-state index in [0.717, 1.165) is 4.90 Å². The van der Waals surface area contributed by atoms with Gasteiger partial charge >= 0.3 is 0 Å². The van der Waals surface area contributed by atoms with Crippen molar-refractivity contribution in [2.24, 2.45) is 0 Å². The number of benzene rings is 3. The first kappa shape index (κ1) is 27.3. The Bertz CT molecular complexity index is 1410. The first-order valence-electron chi connectivity index (χ1n) is 11.7. The molecule has 1 saturated heterocycles. The lowest BCUT2D eigenvalue weighted by atomic mass is 10.1. The van der Waals surface area contributed by atoms with Crippen molar-refractivity contribution in [2.45, 2.75) is 0 Å². The lowest BCUT2D eigenvalue weighted by Gasteiger charge is -2.14. The van der Waals surface area contributed by atoms with Gasteiger partial charge in [0.1, 0.15) is 12.3 Å². The van der Waals surface area contributed by atoms with Crippen LogP contribution in [0, 0.1) is 0 Å². The number of imide groups is 1. The monoisotopic (exact) mass is 547 g/mol. The molecule has 1 heterocycles. The summed E-state index contributed by atoms with van der Waals surface area (Å²) < 4.78 is 16.2. The van der Waals surface area contributed by atoms with Crippen LogP contribution in [-0.2, 0) is 14.4 Å². The number of methoxy groups -OCH3 is 2. The lowest BCUT2D eigenvalue weighted by Crippen LogP contribution is -2.36. The molecule has 0 aliphatic carbocycles. The van der Waals surface area contributed by atoms with Gasteiger partial charge in [0.15, 0.2) is 18.1 Å². The van der Waals surface area contributed by atoms with Crippen molar-refractivity contribution in [3.05, 3.63) is 83.3 Å². The topological polar surface area (TPSA) is 123 Å². The molecule has 3 aromatic rings. The smallest absolute Gasteiger partial charge is 0.294 e. The number of thioether (sulfide) groups is 1. The maximum atomic E-state index is 13.0. The Morgan fingerprint density at radius 1 is 0.846 bits per heavy atom. The number of rotatable bonds is 10. The standard InChI is InChI=1S/C28H25N3O7S/c1-36-21-13-11-20(12-14-21)29-24(32)16-31-27(34)23(39-28(31)35)15-18-7-6-10-22(37-2)26(18)38-17-25(33)30-19-8-4-3-5-9-19/h3-15H,16-17H2,1-2H3,(H,29,32)(H,30,33)/b23-15+. The lowest BCUT2D eigenvalue weighted by molar-refractivity contribution is -0.127. The Morgan fingerprint density at radius 2 is 1.54 bits per heavy atom. The van der Waals surface area contributed by atoms with Crippen LogP contribution in [0.2, 0.25) is 0 Å². The number of carbonyl (C=O) groups excluding carboxylic acids is 4. The van der Waals surface area contributed by atoms with Gasteiger partial charge in [0, 0.05) is 16.9 Å². The molecule has 0 bridgehead atoms. The molecule has 4 amide bonds. The fourth-order valence-electron chi connectivity index (χ4n) is 3.61. The Hall–Kier alpha value is -4.77. The van der Waals surface area contributed by atoms with Crippen LogP contribution in [0.1, 0.15) is 5.56 Å². The van der Waals surface area contributed by atoms with Crippen molar-refractivity contribution in [3.8, 4) is 17.2 Å².